The smallest absolute Gasteiger partial charge is 0.148 e. The van der Waals surface area contributed by atoms with Gasteiger partial charge in [0.25, 0.3) is 0 Å². The number of imidazole rings is 1. The molecule has 102 valence electrons. The van der Waals surface area contributed by atoms with Crippen molar-refractivity contribution in [1.82, 2.24) is 19.4 Å². The van der Waals surface area contributed by atoms with Gasteiger partial charge in [-0.15, -0.1) is 0 Å². The maximum Gasteiger partial charge on any atom is 0.148 e. The molecular weight excluding hydrogens is 318 g/mol. The molecule has 0 unspecified atom stereocenters. The van der Waals surface area contributed by atoms with E-state index in [-0.39, 0.29) is 0 Å². The number of halogens is 1. The maximum absolute atomic E-state index is 4.55. The largest absolute Gasteiger partial charge is 0.363 e. The van der Waals surface area contributed by atoms with E-state index in [4.69, 9.17) is 0 Å². The van der Waals surface area contributed by atoms with Crippen LogP contribution >= 0.6 is 15.9 Å². The van der Waals surface area contributed by atoms with E-state index in [1.807, 2.05) is 42.8 Å². The predicted octanol–water partition coefficient (Wildman–Crippen LogP) is 3.12. The first-order valence-electron chi connectivity index (χ1n) is 6.29. The molecule has 6 heteroatoms. The monoisotopic (exact) mass is 331 g/mol. The number of nitrogens with zero attached hydrogens (tertiary/aromatic N) is 4. The second-order valence-corrected chi connectivity index (χ2v) is 5.56. The Morgan fingerprint density at radius 3 is 2.90 bits per heavy atom. The Bertz CT molecular complexity index is 765. The topological polar surface area (TPSA) is 55.1 Å². The Hall–Kier alpha value is -1.95. The Morgan fingerprint density at radius 2 is 2.05 bits per heavy atom. The van der Waals surface area contributed by atoms with Crippen LogP contribution in [-0.4, -0.2) is 19.4 Å². The molecule has 3 heterocycles. The molecule has 5 nitrogen and oxygen atoms in total. The lowest BCUT2D eigenvalue weighted by molar-refractivity contribution is 1.00. The van der Waals surface area contributed by atoms with Crippen LogP contribution in [0.3, 0.4) is 0 Å². The van der Waals surface area contributed by atoms with Crippen molar-refractivity contribution in [2.45, 2.75) is 20.4 Å². The molecule has 0 aromatic carbocycles. The molecule has 1 N–H and O–H groups in total. The molecule has 0 bridgehead atoms. The van der Waals surface area contributed by atoms with Crippen LogP contribution in [0.5, 0.6) is 0 Å². The molecule has 0 aliphatic carbocycles. The SMILES string of the molecule is Cc1cnc(C)c(NCc2cn3cc(Br)ccc3n2)n1. The van der Waals surface area contributed by atoms with Crippen molar-refractivity contribution in [3.8, 4) is 0 Å². The first-order chi connectivity index (χ1) is 9.61. The van der Waals surface area contributed by atoms with Crippen LogP contribution in [0.15, 0.2) is 35.2 Å². The molecule has 0 aliphatic rings. The average Bonchev–Trinajstić information content (AvgIpc) is 2.81. The highest BCUT2D eigenvalue weighted by molar-refractivity contribution is 9.10. The standard InChI is InChI=1S/C14H14BrN5/c1-9-5-16-10(2)14(18-9)17-6-12-8-20-7-11(15)3-4-13(20)19-12/h3-5,7-8H,6H2,1-2H3,(H,17,18). The lowest BCUT2D eigenvalue weighted by Crippen LogP contribution is -2.05. The molecule has 3 rings (SSSR count). The van der Waals surface area contributed by atoms with Crippen LogP contribution in [0.2, 0.25) is 0 Å². The second kappa shape index (κ2) is 5.20. The molecule has 0 amide bonds. The average molecular weight is 332 g/mol. The lowest BCUT2D eigenvalue weighted by Gasteiger charge is -2.06. The van der Waals surface area contributed by atoms with E-state index in [2.05, 4.69) is 36.2 Å². The number of nitrogens with one attached hydrogen (secondary N) is 1. The molecule has 3 aromatic heterocycles. The summed E-state index contributed by atoms with van der Waals surface area (Å²) in [6.45, 7) is 4.49. The minimum atomic E-state index is 0.623. The Labute approximate surface area is 125 Å². The third-order valence-corrected chi connectivity index (χ3v) is 3.45. The van der Waals surface area contributed by atoms with Gasteiger partial charge in [-0.1, -0.05) is 0 Å². The number of rotatable bonds is 3. The van der Waals surface area contributed by atoms with E-state index < -0.39 is 0 Å². The van der Waals surface area contributed by atoms with E-state index in [0.29, 0.717) is 6.54 Å². The number of anilines is 1. The fraction of sp³-hybridized carbons (Fsp3) is 0.214. The van der Waals surface area contributed by atoms with Gasteiger partial charge in [-0.2, -0.15) is 0 Å². The number of hydrogen-bond acceptors (Lipinski definition) is 4. The Balaban J connectivity index is 1.81. The highest BCUT2D eigenvalue weighted by Crippen LogP contribution is 2.14. The molecule has 0 saturated carbocycles. The second-order valence-electron chi connectivity index (χ2n) is 4.64. The van der Waals surface area contributed by atoms with Crippen molar-refractivity contribution in [2.24, 2.45) is 0 Å². The summed E-state index contributed by atoms with van der Waals surface area (Å²) in [5, 5.41) is 3.28. The maximum atomic E-state index is 4.55. The van der Waals surface area contributed by atoms with Crippen LogP contribution in [-0.2, 0) is 6.54 Å². The molecule has 3 aromatic rings. The third kappa shape index (κ3) is 2.65. The van der Waals surface area contributed by atoms with Crippen molar-refractivity contribution < 1.29 is 0 Å². The normalized spacial score (nSPS) is 10.9. The van der Waals surface area contributed by atoms with Crippen LogP contribution in [0.1, 0.15) is 17.1 Å². The number of fused-ring (bicyclic) bond motifs is 1. The molecule has 20 heavy (non-hydrogen) atoms. The molecule has 0 fully saturated rings. The van der Waals surface area contributed by atoms with Crippen molar-refractivity contribution in [3.63, 3.8) is 0 Å². The van der Waals surface area contributed by atoms with Gasteiger partial charge in [0.2, 0.25) is 0 Å². The van der Waals surface area contributed by atoms with Gasteiger partial charge < -0.3 is 9.72 Å². The van der Waals surface area contributed by atoms with Gasteiger partial charge in [0, 0.05) is 23.1 Å². The van der Waals surface area contributed by atoms with Gasteiger partial charge >= 0.3 is 0 Å². The van der Waals surface area contributed by atoms with E-state index in [9.17, 15) is 0 Å². The molecular formula is C14H14BrN5. The van der Waals surface area contributed by atoms with Crippen molar-refractivity contribution in [2.75, 3.05) is 5.32 Å². The van der Waals surface area contributed by atoms with Gasteiger partial charge in [0.15, 0.2) is 0 Å². The molecule has 0 saturated heterocycles. The first kappa shape index (κ1) is 13.1. The van der Waals surface area contributed by atoms with Gasteiger partial charge in [-0.3, -0.25) is 4.98 Å². The fourth-order valence-corrected chi connectivity index (χ4v) is 2.33. The minimum Gasteiger partial charge on any atom is -0.363 e. The summed E-state index contributed by atoms with van der Waals surface area (Å²) >= 11 is 3.45. The van der Waals surface area contributed by atoms with Gasteiger partial charge in [-0.05, 0) is 41.9 Å². The van der Waals surface area contributed by atoms with E-state index in [1.165, 1.54) is 0 Å². The summed E-state index contributed by atoms with van der Waals surface area (Å²) in [5.74, 6) is 0.809. The van der Waals surface area contributed by atoms with Crippen molar-refractivity contribution in [3.05, 3.63) is 52.3 Å². The van der Waals surface area contributed by atoms with Crippen molar-refractivity contribution >= 4 is 27.4 Å². The molecule has 0 aliphatic heterocycles. The van der Waals surface area contributed by atoms with Crippen LogP contribution in [0, 0.1) is 13.8 Å². The third-order valence-electron chi connectivity index (χ3n) is 2.98. The summed E-state index contributed by atoms with van der Waals surface area (Å²) in [5.41, 5.74) is 3.68. The van der Waals surface area contributed by atoms with Crippen LogP contribution in [0.4, 0.5) is 5.82 Å². The summed E-state index contributed by atoms with van der Waals surface area (Å²) < 4.78 is 3.03. The minimum absolute atomic E-state index is 0.623. The summed E-state index contributed by atoms with van der Waals surface area (Å²) in [4.78, 5) is 13.3. The van der Waals surface area contributed by atoms with Gasteiger partial charge in [0.05, 0.1) is 23.6 Å². The van der Waals surface area contributed by atoms with Crippen LogP contribution in [0.25, 0.3) is 5.65 Å². The zero-order valence-electron chi connectivity index (χ0n) is 11.3. The number of hydrogen-bond donors (Lipinski definition) is 1. The predicted molar refractivity (Wildman–Crippen MR) is 81.7 cm³/mol. The lowest BCUT2D eigenvalue weighted by atomic mass is 10.4. The Morgan fingerprint density at radius 1 is 1.20 bits per heavy atom. The molecule has 0 spiro atoms. The highest BCUT2D eigenvalue weighted by atomic mass is 79.9. The summed E-state index contributed by atoms with van der Waals surface area (Å²) in [6, 6.07) is 3.96. The van der Waals surface area contributed by atoms with Gasteiger partial charge in [0.1, 0.15) is 11.5 Å². The molecule has 0 radical (unpaired) electrons. The van der Waals surface area contributed by atoms with Crippen molar-refractivity contribution in [1.29, 1.82) is 0 Å². The van der Waals surface area contributed by atoms with Crippen LogP contribution < -0.4 is 5.32 Å². The summed E-state index contributed by atoms with van der Waals surface area (Å²) in [6.07, 6.45) is 5.76. The first-order valence-corrected chi connectivity index (χ1v) is 7.08. The number of aryl methyl sites for hydroxylation is 2. The van der Waals surface area contributed by atoms with E-state index in [1.54, 1.807) is 6.20 Å². The fourth-order valence-electron chi connectivity index (χ4n) is 1.98. The zero-order chi connectivity index (χ0) is 14.1. The molecule has 0 atom stereocenters. The highest BCUT2D eigenvalue weighted by Gasteiger charge is 2.05. The van der Waals surface area contributed by atoms with E-state index >= 15 is 0 Å². The van der Waals surface area contributed by atoms with E-state index in [0.717, 1.165) is 33.0 Å². The Kier molecular flexibility index (Phi) is 3.40. The number of aromatic nitrogens is 4. The zero-order valence-corrected chi connectivity index (χ0v) is 12.8. The van der Waals surface area contributed by atoms with Gasteiger partial charge in [-0.25, -0.2) is 9.97 Å². The number of pyridine rings is 1. The quantitative estimate of drug-likeness (QED) is 0.801. The summed E-state index contributed by atoms with van der Waals surface area (Å²) in [7, 11) is 0.